The van der Waals surface area contributed by atoms with Crippen molar-refractivity contribution in [3.05, 3.63) is 60.0 Å². The molecule has 6 nitrogen and oxygen atoms in total. The molecule has 0 saturated carbocycles. The van der Waals surface area contributed by atoms with Gasteiger partial charge in [-0.3, -0.25) is 9.20 Å². The van der Waals surface area contributed by atoms with E-state index in [2.05, 4.69) is 45.6 Å². The second-order valence-electron chi connectivity index (χ2n) is 7.88. The van der Waals surface area contributed by atoms with Crippen molar-refractivity contribution >= 4 is 17.2 Å². The van der Waals surface area contributed by atoms with Crippen molar-refractivity contribution in [3.8, 4) is 0 Å². The maximum atomic E-state index is 12.9. The molecule has 152 valence electrons. The van der Waals surface area contributed by atoms with Crippen LogP contribution >= 0.6 is 0 Å². The van der Waals surface area contributed by atoms with E-state index in [4.69, 9.17) is 0 Å². The normalized spacial score (nSPS) is 15.0. The van der Waals surface area contributed by atoms with Gasteiger partial charge in [0.2, 0.25) is 0 Å². The molecule has 6 heteroatoms. The van der Waals surface area contributed by atoms with Gasteiger partial charge in [0.25, 0.3) is 5.91 Å². The van der Waals surface area contributed by atoms with Crippen molar-refractivity contribution in [2.24, 2.45) is 0 Å². The molecule has 1 fully saturated rings. The molecule has 0 bridgehead atoms. The summed E-state index contributed by atoms with van der Waals surface area (Å²) >= 11 is 0. The Balaban J connectivity index is 1.37. The number of nitrogens with zero attached hydrogens (tertiary/aromatic N) is 5. The summed E-state index contributed by atoms with van der Waals surface area (Å²) in [6.07, 6.45) is 6.20. The lowest BCUT2D eigenvalue weighted by Crippen LogP contribution is -2.38. The van der Waals surface area contributed by atoms with Crippen molar-refractivity contribution in [3.63, 3.8) is 0 Å². The molecule has 0 atom stereocenters. The lowest BCUT2D eigenvalue weighted by atomic mass is 9.95. The van der Waals surface area contributed by atoms with Gasteiger partial charge in [-0.1, -0.05) is 19.4 Å². The van der Waals surface area contributed by atoms with Gasteiger partial charge in [0.15, 0.2) is 5.65 Å². The molecular weight excluding hydrogens is 362 g/mol. The van der Waals surface area contributed by atoms with Crippen molar-refractivity contribution in [1.29, 1.82) is 0 Å². The number of hydrogen-bond donors (Lipinski definition) is 0. The number of carbonyl (C=O) groups excluding carboxylic acids is 1. The Morgan fingerprint density at radius 3 is 2.59 bits per heavy atom. The monoisotopic (exact) mass is 391 g/mol. The number of carbonyl (C=O) groups is 1. The van der Waals surface area contributed by atoms with Gasteiger partial charge in [-0.25, -0.2) is 0 Å². The van der Waals surface area contributed by atoms with Crippen molar-refractivity contribution in [2.45, 2.75) is 38.5 Å². The van der Waals surface area contributed by atoms with Crippen LogP contribution in [0.3, 0.4) is 0 Å². The summed E-state index contributed by atoms with van der Waals surface area (Å²) in [5.41, 5.74) is 2.81. The van der Waals surface area contributed by atoms with Crippen LogP contribution in [0.1, 0.15) is 54.7 Å². The third-order valence-corrected chi connectivity index (χ3v) is 5.89. The molecule has 29 heavy (non-hydrogen) atoms. The zero-order valence-electron chi connectivity index (χ0n) is 17.3. The van der Waals surface area contributed by atoms with Gasteiger partial charge >= 0.3 is 0 Å². The van der Waals surface area contributed by atoms with E-state index in [1.54, 1.807) is 0 Å². The van der Waals surface area contributed by atoms with Crippen LogP contribution < -0.4 is 4.90 Å². The zero-order chi connectivity index (χ0) is 20.2. The van der Waals surface area contributed by atoms with Crippen LogP contribution in [0.25, 0.3) is 5.65 Å². The van der Waals surface area contributed by atoms with Gasteiger partial charge in [0.05, 0.1) is 0 Å². The smallest absolute Gasteiger partial charge is 0.253 e. The van der Waals surface area contributed by atoms with Crippen LogP contribution in [0.2, 0.25) is 0 Å². The Hall–Kier alpha value is -2.89. The first-order chi connectivity index (χ1) is 14.2. The standard InChI is InChI=1S/C23H29N5O/c1-3-4-14-26(2)20-10-8-19(9-11-20)23(29)27-16-12-18(13-17-27)22-25-24-21-7-5-6-15-28(21)22/h5-11,15,18H,3-4,12-14,16-17H2,1-2H3. The van der Waals surface area contributed by atoms with Gasteiger partial charge in [-0.2, -0.15) is 0 Å². The van der Waals surface area contributed by atoms with E-state index >= 15 is 0 Å². The summed E-state index contributed by atoms with van der Waals surface area (Å²) in [5.74, 6) is 1.47. The maximum absolute atomic E-state index is 12.9. The molecule has 0 unspecified atom stereocenters. The highest BCUT2D eigenvalue weighted by atomic mass is 16.2. The third-order valence-electron chi connectivity index (χ3n) is 5.89. The molecule has 0 radical (unpaired) electrons. The van der Waals surface area contributed by atoms with Crippen molar-refractivity contribution in [1.82, 2.24) is 19.5 Å². The first-order valence-corrected chi connectivity index (χ1v) is 10.6. The number of aromatic nitrogens is 3. The number of piperidine rings is 1. The topological polar surface area (TPSA) is 53.7 Å². The van der Waals surface area contributed by atoms with Crippen LogP contribution in [-0.2, 0) is 0 Å². The van der Waals surface area contributed by atoms with Gasteiger partial charge in [-0.15, -0.1) is 10.2 Å². The van der Waals surface area contributed by atoms with Crippen LogP contribution in [0.5, 0.6) is 0 Å². The fourth-order valence-corrected chi connectivity index (χ4v) is 4.04. The highest BCUT2D eigenvalue weighted by Gasteiger charge is 2.27. The molecule has 0 aliphatic carbocycles. The van der Waals surface area contributed by atoms with Crippen LogP contribution in [-0.4, -0.2) is 52.1 Å². The molecule has 1 aromatic carbocycles. The lowest BCUT2D eigenvalue weighted by molar-refractivity contribution is 0.0711. The fourth-order valence-electron chi connectivity index (χ4n) is 4.04. The molecule has 1 amide bonds. The molecule has 2 aromatic heterocycles. The second-order valence-corrected chi connectivity index (χ2v) is 7.88. The molecule has 4 rings (SSSR count). The van der Waals surface area contributed by atoms with Crippen molar-refractivity contribution in [2.75, 3.05) is 31.6 Å². The zero-order valence-corrected chi connectivity index (χ0v) is 17.3. The Morgan fingerprint density at radius 1 is 1.10 bits per heavy atom. The highest BCUT2D eigenvalue weighted by molar-refractivity contribution is 5.94. The summed E-state index contributed by atoms with van der Waals surface area (Å²) in [7, 11) is 2.10. The van der Waals surface area contributed by atoms with E-state index in [1.807, 2.05) is 41.4 Å². The SMILES string of the molecule is CCCCN(C)c1ccc(C(=O)N2CCC(c3nnc4ccccn34)CC2)cc1. The molecule has 1 saturated heterocycles. The minimum atomic E-state index is 0.123. The Kier molecular flexibility index (Phi) is 5.79. The van der Waals surface area contributed by atoms with Crippen molar-refractivity contribution < 1.29 is 4.79 Å². The number of unbranched alkanes of at least 4 members (excludes halogenated alkanes) is 1. The molecule has 3 heterocycles. The number of amides is 1. The first-order valence-electron chi connectivity index (χ1n) is 10.6. The minimum Gasteiger partial charge on any atom is -0.375 e. The van der Waals surface area contributed by atoms with E-state index in [0.29, 0.717) is 5.92 Å². The Bertz CT molecular complexity index is 957. The number of benzene rings is 1. The highest BCUT2D eigenvalue weighted by Crippen LogP contribution is 2.28. The number of anilines is 1. The van der Waals surface area contributed by atoms with Gasteiger partial charge in [0.1, 0.15) is 5.82 Å². The van der Waals surface area contributed by atoms with Gasteiger partial charge in [-0.05, 0) is 55.7 Å². The summed E-state index contributed by atoms with van der Waals surface area (Å²) in [6.45, 7) is 4.74. The Morgan fingerprint density at radius 2 is 1.86 bits per heavy atom. The summed E-state index contributed by atoms with van der Waals surface area (Å²) in [5, 5.41) is 8.66. The Labute approximate surface area is 172 Å². The molecule has 3 aromatic rings. The predicted octanol–water partition coefficient (Wildman–Crippen LogP) is 3.99. The van der Waals surface area contributed by atoms with E-state index in [9.17, 15) is 4.79 Å². The van der Waals surface area contributed by atoms with Gasteiger partial charge in [0, 0.05) is 50.0 Å². The summed E-state index contributed by atoms with van der Waals surface area (Å²) in [6, 6.07) is 14.0. The summed E-state index contributed by atoms with van der Waals surface area (Å²) < 4.78 is 2.07. The van der Waals surface area contributed by atoms with E-state index in [1.165, 1.54) is 12.8 Å². The second kappa shape index (κ2) is 8.64. The van der Waals surface area contributed by atoms with Crippen LogP contribution in [0, 0.1) is 0 Å². The lowest BCUT2D eigenvalue weighted by Gasteiger charge is -2.31. The minimum absolute atomic E-state index is 0.123. The molecule has 1 aliphatic heterocycles. The van der Waals surface area contributed by atoms with Crippen LogP contribution in [0.4, 0.5) is 5.69 Å². The fraction of sp³-hybridized carbons (Fsp3) is 0.435. The number of rotatable bonds is 6. The van der Waals surface area contributed by atoms with Gasteiger partial charge < -0.3 is 9.80 Å². The number of fused-ring (bicyclic) bond motifs is 1. The van der Waals surface area contributed by atoms with E-state index in [-0.39, 0.29) is 5.91 Å². The average Bonchev–Trinajstić information content (AvgIpc) is 3.21. The maximum Gasteiger partial charge on any atom is 0.253 e. The number of hydrogen-bond acceptors (Lipinski definition) is 4. The predicted molar refractivity (Wildman–Crippen MR) is 115 cm³/mol. The number of pyridine rings is 1. The molecule has 0 N–H and O–H groups in total. The first kappa shape index (κ1) is 19.4. The number of likely N-dealkylation sites (tertiary alicyclic amines) is 1. The van der Waals surface area contributed by atoms with E-state index < -0.39 is 0 Å². The third kappa shape index (κ3) is 4.11. The average molecular weight is 392 g/mol. The van der Waals surface area contributed by atoms with E-state index in [0.717, 1.165) is 55.2 Å². The van der Waals surface area contributed by atoms with Crippen LogP contribution in [0.15, 0.2) is 48.7 Å². The molecular formula is C23H29N5O. The quantitative estimate of drug-likeness (QED) is 0.638. The molecule has 0 spiro atoms. The molecule has 1 aliphatic rings. The largest absolute Gasteiger partial charge is 0.375 e. The summed E-state index contributed by atoms with van der Waals surface area (Å²) in [4.78, 5) is 17.1.